The Morgan fingerprint density at radius 2 is 1.95 bits per heavy atom. The van der Waals surface area contributed by atoms with Gasteiger partial charge in [-0.1, -0.05) is 12.1 Å². The molecule has 21 heavy (non-hydrogen) atoms. The van der Waals surface area contributed by atoms with Crippen molar-refractivity contribution >= 4 is 23.6 Å². The summed E-state index contributed by atoms with van der Waals surface area (Å²) in [7, 11) is 3.07. The van der Waals surface area contributed by atoms with Gasteiger partial charge in [0.05, 0.1) is 12.9 Å². The molecule has 0 heterocycles. The smallest absolute Gasteiger partial charge is 0.305 e. The number of methoxy groups -OCH3 is 1. The summed E-state index contributed by atoms with van der Waals surface area (Å²) in [5.74, 6) is 0.535. The van der Waals surface area contributed by atoms with E-state index in [1.165, 1.54) is 31.0 Å². The molecule has 6 heteroatoms. The predicted molar refractivity (Wildman–Crippen MR) is 81.4 cm³/mol. The fourth-order valence-corrected chi connectivity index (χ4v) is 2.56. The molecule has 0 atom stereocenters. The quantitative estimate of drug-likeness (QED) is 0.692. The van der Waals surface area contributed by atoms with Crippen molar-refractivity contribution in [1.82, 2.24) is 4.90 Å². The zero-order valence-corrected chi connectivity index (χ0v) is 13.1. The average Bonchev–Trinajstić information content (AvgIpc) is 2.48. The lowest BCUT2D eigenvalue weighted by atomic mass is 10.2. The normalized spacial score (nSPS) is 10.2. The van der Waals surface area contributed by atoms with Crippen molar-refractivity contribution in [3.8, 4) is 0 Å². The van der Waals surface area contributed by atoms with E-state index in [9.17, 15) is 14.0 Å². The zero-order chi connectivity index (χ0) is 15.7. The molecule has 1 aromatic rings. The maximum absolute atomic E-state index is 12.7. The number of thioether (sulfide) groups is 1. The molecule has 0 aliphatic heterocycles. The van der Waals surface area contributed by atoms with Gasteiger partial charge < -0.3 is 9.64 Å². The molecule has 1 aromatic carbocycles. The summed E-state index contributed by atoms with van der Waals surface area (Å²) in [4.78, 5) is 24.4. The fourth-order valence-electron chi connectivity index (χ4n) is 1.63. The lowest BCUT2D eigenvalue weighted by Crippen LogP contribution is -2.29. The molecule has 0 radical (unpaired) electrons. The lowest BCUT2D eigenvalue weighted by Gasteiger charge is -2.16. The van der Waals surface area contributed by atoms with Crippen molar-refractivity contribution in [2.75, 3.05) is 26.5 Å². The van der Waals surface area contributed by atoms with Gasteiger partial charge in [-0.15, -0.1) is 11.8 Å². The Hall–Kier alpha value is -1.56. The van der Waals surface area contributed by atoms with Crippen LogP contribution in [0.2, 0.25) is 0 Å². The second-order valence-corrected chi connectivity index (χ2v) is 5.60. The lowest BCUT2D eigenvalue weighted by molar-refractivity contribution is -0.141. The Kier molecular flexibility index (Phi) is 7.82. The molecular formula is C15H20FNO3S. The van der Waals surface area contributed by atoms with Crippen LogP contribution in [0.25, 0.3) is 0 Å². The molecule has 116 valence electrons. The molecule has 0 saturated carbocycles. The Morgan fingerprint density at radius 3 is 2.57 bits per heavy atom. The van der Waals surface area contributed by atoms with E-state index < -0.39 is 0 Å². The maximum Gasteiger partial charge on any atom is 0.305 e. The number of benzene rings is 1. The molecule has 1 amide bonds. The van der Waals surface area contributed by atoms with Gasteiger partial charge >= 0.3 is 5.97 Å². The maximum atomic E-state index is 12.7. The van der Waals surface area contributed by atoms with Gasteiger partial charge in [-0.2, -0.15) is 0 Å². The Labute approximate surface area is 128 Å². The summed E-state index contributed by atoms with van der Waals surface area (Å²) in [6.07, 6.45) is 0.911. The van der Waals surface area contributed by atoms with Crippen molar-refractivity contribution in [3.63, 3.8) is 0 Å². The van der Waals surface area contributed by atoms with Crippen LogP contribution in [0, 0.1) is 5.82 Å². The standard InChI is InChI=1S/C15H20FNO3S/c1-17(9-3-4-15(19)20-2)14(18)11-21-10-12-5-7-13(16)8-6-12/h5-8H,3-4,9-11H2,1-2H3. The second-order valence-electron chi connectivity index (χ2n) is 4.61. The first-order valence-electron chi connectivity index (χ1n) is 6.66. The number of carbonyl (C=O) groups excluding carboxylic acids is 2. The molecule has 0 N–H and O–H groups in total. The highest BCUT2D eigenvalue weighted by molar-refractivity contribution is 7.99. The molecule has 1 rings (SSSR count). The third-order valence-electron chi connectivity index (χ3n) is 2.94. The number of carbonyl (C=O) groups is 2. The van der Waals surface area contributed by atoms with Crippen LogP contribution >= 0.6 is 11.8 Å². The topological polar surface area (TPSA) is 46.6 Å². The van der Waals surface area contributed by atoms with Crippen molar-refractivity contribution in [2.24, 2.45) is 0 Å². The monoisotopic (exact) mass is 313 g/mol. The van der Waals surface area contributed by atoms with Crippen LogP contribution in [0.1, 0.15) is 18.4 Å². The van der Waals surface area contributed by atoms with E-state index in [0.717, 1.165) is 5.56 Å². The second kappa shape index (κ2) is 9.39. The van der Waals surface area contributed by atoms with Crippen LogP contribution < -0.4 is 0 Å². The first-order chi connectivity index (χ1) is 10.0. The fraction of sp³-hybridized carbons (Fsp3) is 0.467. The van der Waals surface area contributed by atoms with Crippen LogP contribution in [-0.4, -0.2) is 43.2 Å². The number of nitrogens with zero attached hydrogens (tertiary/aromatic N) is 1. The number of rotatable bonds is 8. The van der Waals surface area contributed by atoms with E-state index >= 15 is 0 Å². The Balaban J connectivity index is 2.20. The molecule has 0 saturated heterocycles. The summed E-state index contributed by atoms with van der Waals surface area (Å²) in [5, 5.41) is 0. The summed E-state index contributed by atoms with van der Waals surface area (Å²) in [6.45, 7) is 0.533. The first kappa shape index (κ1) is 17.5. The molecule has 4 nitrogen and oxygen atoms in total. The summed E-state index contributed by atoms with van der Waals surface area (Å²) < 4.78 is 17.3. The molecule has 0 aliphatic rings. The van der Waals surface area contributed by atoms with Gasteiger partial charge in [-0.05, 0) is 24.1 Å². The highest BCUT2D eigenvalue weighted by Crippen LogP contribution is 2.13. The first-order valence-corrected chi connectivity index (χ1v) is 7.81. The molecule has 0 aromatic heterocycles. The highest BCUT2D eigenvalue weighted by Gasteiger charge is 2.09. The molecule has 0 bridgehead atoms. The summed E-state index contributed by atoms with van der Waals surface area (Å²) >= 11 is 1.49. The van der Waals surface area contributed by atoms with Gasteiger partial charge in [0.1, 0.15) is 5.82 Å². The van der Waals surface area contributed by atoms with Crippen LogP contribution in [0.5, 0.6) is 0 Å². The molecule has 0 unspecified atom stereocenters. The van der Waals surface area contributed by atoms with Crippen molar-refractivity contribution in [2.45, 2.75) is 18.6 Å². The number of halogens is 1. The van der Waals surface area contributed by atoms with Gasteiger partial charge in [0.25, 0.3) is 0 Å². The third-order valence-corrected chi connectivity index (χ3v) is 3.92. The zero-order valence-electron chi connectivity index (χ0n) is 12.3. The summed E-state index contributed by atoms with van der Waals surface area (Å²) in [6, 6.07) is 6.26. The molecule has 0 aliphatic carbocycles. The minimum atomic E-state index is -0.262. The van der Waals surface area contributed by atoms with Gasteiger partial charge in [0.2, 0.25) is 5.91 Å². The molecule has 0 fully saturated rings. The number of hydrogen-bond donors (Lipinski definition) is 0. The number of amides is 1. The minimum Gasteiger partial charge on any atom is -0.469 e. The van der Waals surface area contributed by atoms with Crippen LogP contribution in [0.15, 0.2) is 24.3 Å². The number of hydrogen-bond acceptors (Lipinski definition) is 4. The predicted octanol–water partition coefficient (Wildman–Crippen LogP) is 2.47. The largest absolute Gasteiger partial charge is 0.469 e. The molecular weight excluding hydrogens is 293 g/mol. The van der Waals surface area contributed by atoms with E-state index in [-0.39, 0.29) is 17.7 Å². The van der Waals surface area contributed by atoms with E-state index in [1.807, 2.05) is 0 Å². The van der Waals surface area contributed by atoms with E-state index in [4.69, 9.17) is 0 Å². The summed E-state index contributed by atoms with van der Waals surface area (Å²) in [5.41, 5.74) is 0.988. The highest BCUT2D eigenvalue weighted by atomic mass is 32.2. The number of esters is 1. The van der Waals surface area contributed by atoms with Crippen molar-refractivity contribution in [1.29, 1.82) is 0 Å². The van der Waals surface area contributed by atoms with E-state index in [1.54, 1.807) is 24.1 Å². The minimum absolute atomic E-state index is 0.0203. The van der Waals surface area contributed by atoms with Crippen LogP contribution in [-0.2, 0) is 20.1 Å². The van der Waals surface area contributed by atoms with Crippen molar-refractivity contribution < 1.29 is 18.7 Å². The van der Waals surface area contributed by atoms with Crippen LogP contribution in [0.4, 0.5) is 4.39 Å². The number of ether oxygens (including phenoxy) is 1. The third kappa shape index (κ3) is 7.13. The SMILES string of the molecule is COC(=O)CCCN(C)C(=O)CSCc1ccc(F)cc1. The van der Waals surface area contributed by atoms with E-state index in [2.05, 4.69) is 4.74 Å². The van der Waals surface area contributed by atoms with Crippen LogP contribution in [0.3, 0.4) is 0 Å². The van der Waals surface area contributed by atoms with Gasteiger partial charge in [-0.25, -0.2) is 4.39 Å². The molecule has 0 spiro atoms. The van der Waals surface area contributed by atoms with Gasteiger partial charge in [0.15, 0.2) is 0 Å². The van der Waals surface area contributed by atoms with Gasteiger partial charge in [-0.3, -0.25) is 9.59 Å². The van der Waals surface area contributed by atoms with Crippen molar-refractivity contribution in [3.05, 3.63) is 35.6 Å². The van der Waals surface area contributed by atoms with E-state index in [0.29, 0.717) is 30.9 Å². The van der Waals surface area contributed by atoms with Gasteiger partial charge in [0, 0.05) is 25.8 Å². The average molecular weight is 313 g/mol. The Morgan fingerprint density at radius 1 is 1.29 bits per heavy atom. The Bertz CT molecular complexity index is 464.